The molecule has 0 spiro atoms. The third-order valence-corrected chi connectivity index (χ3v) is 13.9. The zero-order valence-electron chi connectivity index (χ0n) is 41.3. The normalized spacial score (nSPS) is 15.5. The molecular formula is C55H52ClN13O5S. The number of aromatic nitrogens is 3. The molecule has 2 aliphatic heterocycles. The van der Waals surface area contributed by atoms with Gasteiger partial charge >= 0.3 is 11.9 Å². The lowest BCUT2D eigenvalue weighted by Crippen LogP contribution is -2.49. The van der Waals surface area contributed by atoms with E-state index in [2.05, 4.69) is 56.2 Å². The first kappa shape index (κ1) is 50.2. The van der Waals surface area contributed by atoms with Gasteiger partial charge in [0.15, 0.2) is 5.13 Å². The van der Waals surface area contributed by atoms with Crippen molar-refractivity contribution in [1.82, 2.24) is 19.9 Å². The zero-order valence-corrected chi connectivity index (χ0v) is 42.9. The van der Waals surface area contributed by atoms with Gasteiger partial charge in [-0.15, -0.1) is 15.3 Å². The molecule has 1 unspecified atom stereocenters. The number of nitrogens with one attached hydrogen (secondary N) is 4. The van der Waals surface area contributed by atoms with Crippen molar-refractivity contribution in [3.8, 4) is 0 Å². The van der Waals surface area contributed by atoms with Crippen molar-refractivity contribution in [2.24, 2.45) is 20.5 Å². The van der Waals surface area contributed by atoms with Gasteiger partial charge in [-0.05, 0) is 74.9 Å². The van der Waals surface area contributed by atoms with E-state index >= 15 is 0 Å². The summed E-state index contributed by atoms with van der Waals surface area (Å²) in [6.07, 6.45) is 1.31. The smallest absolute Gasteiger partial charge is 0.306 e. The summed E-state index contributed by atoms with van der Waals surface area (Å²) in [7, 11) is 0. The van der Waals surface area contributed by atoms with E-state index in [1.165, 1.54) is 17.5 Å². The lowest BCUT2D eigenvalue weighted by molar-refractivity contribution is -0.151. The Morgan fingerprint density at radius 2 is 1.37 bits per heavy atom. The number of benzene rings is 6. The van der Waals surface area contributed by atoms with E-state index in [1.807, 2.05) is 136 Å². The molecule has 10 rings (SSSR count). The molecule has 1 atom stereocenters. The number of hydrogen-bond donors (Lipinski definition) is 4. The summed E-state index contributed by atoms with van der Waals surface area (Å²) in [5, 5.41) is 36.1. The highest BCUT2D eigenvalue weighted by Crippen LogP contribution is 2.43. The topological polar surface area (TPSA) is 212 Å². The number of aryl methyl sites for hydroxylation is 2. The number of halogens is 1. The van der Waals surface area contributed by atoms with Crippen LogP contribution in [0.25, 0.3) is 21.5 Å². The first-order chi connectivity index (χ1) is 36.4. The number of thiazole rings is 1. The highest BCUT2D eigenvalue weighted by molar-refractivity contribution is 7.17. The summed E-state index contributed by atoms with van der Waals surface area (Å²) in [6, 6.07) is 38.4. The van der Waals surface area contributed by atoms with Gasteiger partial charge in [0.05, 0.1) is 52.5 Å². The number of piperazine rings is 1. The lowest BCUT2D eigenvalue weighted by Gasteiger charge is -2.38. The van der Waals surface area contributed by atoms with E-state index in [1.54, 1.807) is 6.07 Å². The van der Waals surface area contributed by atoms with Gasteiger partial charge in [0.2, 0.25) is 0 Å². The maximum Gasteiger partial charge on any atom is 0.306 e. The van der Waals surface area contributed by atoms with E-state index in [0.717, 1.165) is 68.8 Å². The van der Waals surface area contributed by atoms with Crippen molar-refractivity contribution >= 4 is 119 Å². The van der Waals surface area contributed by atoms with Crippen LogP contribution in [0.5, 0.6) is 0 Å². The fourth-order valence-corrected chi connectivity index (χ4v) is 9.88. The quantitative estimate of drug-likeness (QED) is 0.0494. The van der Waals surface area contributed by atoms with E-state index in [4.69, 9.17) is 31.3 Å². The van der Waals surface area contributed by atoms with Crippen LogP contribution in [0.1, 0.15) is 40.8 Å². The van der Waals surface area contributed by atoms with E-state index < -0.39 is 17.6 Å². The number of hydrogen-bond acceptors (Lipinski definition) is 18. The van der Waals surface area contributed by atoms with Crippen LogP contribution in [0, 0.1) is 13.8 Å². The minimum atomic E-state index is -0.833. The number of ether oxygens (including phenoxy) is 2. The zero-order chi connectivity index (χ0) is 51.9. The number of carbonyl (C=O) groups is 3. The summed E-state index contributed by atoms with van der Waals surface area (Å²) >= 11 is 7.51. The van der Waals surface area contributed by atoms with Crippen LogP contribution in [0.15, 0.2) is 148 Å². The Morgan fingerprint density at radius 1 is 0.733 bits per heavy atom. The molecule has 75 heavy (non-hydrogen) atoms. The molecule has 8 aromatic rings. The minimum Gasteiger partial charge on any atom is -0.464 e. The first-order valence-corrected chi connectivity index (χ1v) is 25.6. The second-order valence-corrected chi connectivity index (χ2v) is 19.7. The predicted octanol–water partition coefficient (Wildman–Crippen LogP) is 12.6. The van der Waals surface area contributed by atoms with Gasteiger partial charge in [-0.1, -0.05) is 89.7 Å². The highest BCUT2D eigenvalue weighted by atomic mass is 35.5. The molecule has 1 saturated heterocycles. The third-order valence-electron chi connectivity index (χ3n) is 12.7. The number of para-hydroxylation sites is 1. The van der Waals surface area contributed by atoms with Gasteiger partial charge in [-0.2, -0.15) is 5.11 Å². The Hall–Kier alpha value is -8.39. The molecular weight excluding hydrogens is 990 g/mol. The van der Waals surface area contributed by atoms with Crippen LogP contribution in [0.4, 0.5) is 56.6 Å². The summed E-state index contributed by atoms with van der Waals surface area (Å²) in [4.78, 5) is 57.0. The number of nitrogens with zero attached hydrogens (tertiary/aromatic N) is 9. The maximum atomic E-state index is 13.0. The minimum absolute atomic E-state index is 0.00300. The molecule has 0 bridgehead atoms. The van der Waals surface area contributed by atoms with Gasteiger partial charge in [0.25, 0.3) is 5.91 Å². The Balaban J connectivity index is 0.658. The van der Waals surface area contributed by atoms with Crippen molar-refractivity contribution in [1.29, 1.82) is 0 Å². The van der Waals surface area contributed by atoms with Crippen LogP contribution in [0.3, 0.4) is 0 Å². The van der Waals surface area contributed by atoms with Crippen LogP contribution in [0.2, 0.25) is 5.02 Å². The van der Waals surface area contributed by atoms with Crippen molar-refractivity contribution < 1.29 is 23.9 Å². The van der Waals surface area contributed by atoms with Crippen LogP contribution in [-0.2, 0) is 19.1 Å². The standard InChI is InChI=1S/C55H52ClN13O5S/c1-34-11-9-17-40(56)52(34)61-53(72)46-32-57-54(75-46)60-47-31-48(59-35(2)58-47)69-27-25-68(26-28-69)29-30-73-49(70)23-24-50(71)74-33-55(3)62-44-18-10-16-39-43(21-22-45(63-55)51(39)44)67-66-42-20-19-41(37-14-7-8-15-38(37)42)65-64-36-12-5-4-6-13-36/h4-22,31-32,62-63H,23-30,33H2,1-3H3,(H,61,72)(H,57,58,59,60)/b65-64+,67-66+. The molecule has 380 valence electrons. The number of azo groups is 2. The molecule has 1 amide bonds. The van der Waals surface area contributed by atoms with Gasteiger partial charge in [0, 0.05) is 71.7 Å². The fourth-order valence-electron chi connectivity index (χ4n) is 8.89. The van der Waals surface area contributed by atoms with Crippen molar-refractivity contribution in [3.05, 3.63) is 149 Å². The largest absolute Gasteiger partial charge is 0.464 e. The summed E-state index contributed by atoms with van der Waals surface area (Å²) in [5.74, 6) is 0.644. The van der Waals surface area contributed by atoms with Crippen LogP contribution in [-0.4, -0.2) is 89.3 Å². The van der Waals surface area contributed by atoms with Crippen molar-refractivity contribution in [3.63, 3.8) is 0 Å². The Labute approximate surface area is 441 Å². The molecule has 0 radical (unpaired) electrons. The molecule has 18 nitrogen and oxygen atoms in total. The Morgan fingerprint density at radius 3 is 2.11 bits per heavy atom. The highest BCUT2D eigenvalue weighted by Gasteiger charge is 2.32. The second kappa shape index (κ2) is 22.4. The SMILES string of the molecule is Cc1nc(Nc2ncc(C(=O)Nc3c(C)cccc3Cl)s2)cc(N2CCN(CCOC(=O)CCC(=O)OCC3(C)Nc4cccc5c(/N=N/c6ccc(/N=N/c7ccccc7)c7ccccc67)ccc(c45)N3)CC2)n1. The monoisotopic (exact) mass is 1040 g/mol. The molecule has 20 heteroatoms. The molecule has 6 aromatic carbocycles. The van der Waals surface area contributed by atoms with Gasteiger partial charge < -0.3 is 35.6 Å². The summed E-state index contributed by atoms with van der Waals surface area (Å²) < 4.78 is 11.2. The number of fused-ring (bicyclic) bond motifs is 1. The van der Waals surface area contributed by atoms with Crippen LogP contribution < -0.4 is 26.2 Å². The van der Waals surface area contributed by atoms with E-state index in [9.17, 15) is 14.4 Å². The van der Waals surface area contributed by atoms with Crippen molar-refractivity contribution in [2.45, 2.75) is 39.3 Å². The molecule has 0 saturated carbocycles. The van der Waals surface area contributed by atoms with E-state index in [-0.39, 0.29) is 32.0 Å². The van der Waals surface area contributed by atoms with Gasteiger partial charge in [-0.25, -0.2) is 15.0 Å². The van der Waals surface area contributed by atoms with Crippen LogP contribution >= 0.6 is 22.9 Å². The average molecular weight is 1040 g/mol. The summed E-state index contributed by atoms with van der Waals surface area (Å²) in [6.45, 7) is 9.25. The van der Waals surface area contributed by atoms with Gasteiger partial charge in [0.1, 0.15) is 41.2 Å². The number of esters is 2. The van der Waals surface area contributed by atoms with Gasteiger partial charge in [-0.3, -0.25) is 19.3 Å². The Bertz CT molecular complexity index is 3460. The first-order valence-electron chi connectivity index (χ1n) is 24.4. The number of anilines is 6. The summed E-state index contributed by atoms with van der Waals surface area (Å²) in [5.41, 5.74) is 5.20. The number of rotatable bonds is 17. The molecule has 0 aliphatic carbocycles. The lowest BCUT2D eigenvalue weighted by atomic mass is 9.99. The average Bonchev–Trinajstić information content (AvgIpc) is 3.89. The second-order valence-electron chi connectivity index (χ2n) is 18.2. The molecule has 1 fully saturated rings. The molecule has 4 N–H and O–H groups in total. The third kappa shape index (κ3) is 12.0. The number of carbonyl (C=O) groups excluding carboxylic acids is 3. The molecule has 2 aromatic heterocycles. The predicted molar refractivity (Wildman–Crippen MR) is 294 cm³/mol. The Kier molecular flexibility index (Phi) is 15.0. The molecule has 2 aliphatic rings. The maximum absolute atomic E-state index is 13.0. The van der Waals surface area contributed by atoms with E-state index in [0.29, 0.717) is 63.4 Å². The number of amides is 1. The fraction of sp³-hybridized carbons (Fsp3) is 0.236. The van der Waals surface area contributed by atoms with Crippen molar-refractivity contribution in [2.75, 3.05) is 72.1 Å². The molecule has 4 heterocycles.